The number of rotatable bonds is 5. The number of hydrogen-bond donors (Lipinski definition) is 0. The normalized spacial score (nSPS) is 16.8. The van der Waals surface area contributed by atoms with Crippen LogP contribution in [-0.2, 0) is 14.8 Å². The molecule has 0 atom stereocenters. The molecule has 1 aliphatic rings. The number of sulfonamides is 1. The molecular weight excluding hydrogens is 340 g/mol. The number of carbonyl (C=O) groups is 1. The lowest BCUT2D eigenvalue weighted by Gasteiger charge is -2.23. The van der Waals surface area contributed by atoms with E-state index in [4.69, 9.17) is 4.74 Å². The quantitative estimate of drug-likeness (QED) is 0.800. The van der Waals surface area contributed by atoms with Gasteiger partial charge in [0.25, 0.3) is 0 Å². The van der Waals surface area contributed by atoms with Crippen LogP contribution in [0.2, 0.25) is 0 Å². The summed E-state index contributed by atoms with van der Waals surface area (Å²) >= 11 is 0. The molecule has 7 heteroatoms. The largest absolute Gasteiger partial charge is 0.494 e. The van der Waals surface area contributed by atoms with Gasteiger partial charge in [-0.3, -0.25) is 4.79 Å². The summed E-state index contributed by atoms with van der Waals surface area (Å²) in [5.74, 6) is 0.707. The molecule has 0 N–H and O–H groups in total. The van der Waals surface area contributed by atoms with Crippen LogP contribution in [0.15, 0.2) is 23.1 Å². The highest BCUT2D eigenvalue weighted by atomic mass is 32.2. The molecule has 2 rings (SSSR count). The first-order chi connectivity index (χ1) is 11.8. The number of carbonyl (C=O) groups excluding carboxylic acids is 1. The Kier molecular flexibility index (Phi) is 6.46. The van der Waals surface area contributed by atoms with Crippen LogP contribution >= 0.6 is 0 Å². The summed E-state index contributed by atoms with van der Waals surface area (Å²) in [6.45, 7) is 9.80. The maximum Gasteiger partial charge on any atom is 0.243 e. The Morgan fingerprint density at radius 1 is 1.20 bits per heavy atom. The van der Waals surface area contributed by atoms with Gasteiger partial charge in [0.05, 0.1) is 11.5 Å². The zero-order valence-corrected chi connectivity index (χ0v) is 16.3. The molecule has 1 fully saturated rings. The van der Waals surface area contributed by atoms with E-state index in [9.17, 15) is 13.2 Å². The van der Waals surface area contributed by atoms with Gasteiger partial charge in [-0.25, -0.2) is 8.42 Å². The standard InChI is InChI=1S/C18H28N2O4S/c1-5-24-17-8-7-16(13-15(17)4)25(22,23)20-10-6-9-19(11-12-20)18(21)14(2)3/h7-8,13-14H,5-6,9-12H2,1-4H3. The summed E-state index contributed by atoms with van der Waals surface area (Å²) in [7, 11) is -3.57. The highest BCUT2D eigenvalue weighted by Crippen LogP contribution is 2.25. The molecule has 0 unspecified atom stereocenters. The van der Waals surface area contributed by atoms with E-state index >= 15 is 0 Å². The lowest BCUT2D eigenvalue weighted by atomic mass is 10.2. The number of aryl methyl sites for hydroxylation is 1. The van der Waals surface area contributed by atoms with Crippen molar-refractivity contribution in [3.63, 3.8) is 0 Å². The average Bonchev–Trinajstić information content (AvgIpc) is 2.82. The molecule has 140 valence electrons. The van der Waals surface area contributed by atoms with Crippen LogP contribution in [0.1, 0.15) is 32.8 Å². The minimum Gasteiger partial charge on any atom is -0.494 e. The Bertz CT molecular complexity index is 716. The van der Waals surface area contributed by atoms with Gasteiger partial charge < -0.3 is 9.64 Å². The molecule has 0 bridgehead atoms. The van der Waals surface area contributed by atoms with Gasteiger partial charge in [-0.2, -0.15) is 4.31 Å². The first-order valence-electron chi connectivity index (χ1n) is 8.79. The summed E-state index contributed by atoms with van der Waals surface area (Å²) in [5, 5.41) is 0. The molecule has 1 aliphatic heterocycles. The fourth-order valence-electron chi connectivity index (χ4n) is 2.97. The van der Waals surface area contributed by atoms with Crippen LogP contribution in [0.5, 0.6) is 5.75 Å². The van der Waals surface area contributed by atoms with E-state index in [1.807, 2.05) is 27.7 Å². The second-order valence-corrected chi connectivity index (χ2v) is 8.54. The van der Waals surface area contributed by atoms with Gasteiger partial charge >= 0.3 is 0 Å². The molecule has 0 saturated carbocycles. The molecule has 6 nitrogen and oxygen atoms in total. The summed E-state index contributed by atoms with van der Waals surface area (Å²) in [6, 6.07) is 4.95. The van der Waals surface area contributed by atoms with Crippen LogP contribution in [0.25, 0.3) is 0 Å². The van der Waals surface area contributed by atoms with Crippen LogP contribution in [0.3, 0.4) is 0 Å². The third-order valence-corrected chi connectivity index (χ3v) is 6.24. The fraction of sp³-hybridized carbons (Fsp3) is 0.611. The van der Waals surface area contributed by atoms with E-state index in [1.165, 1.54) is 4.31 Å². The van der Waals surface area contributed by atoms with Crippen molar-refractivity contribution in [1.29, 1.82) is 0 Å². The second-order valence-electron chi connectivity index (χ2n) is 6.60. The topological polar surface area (TPSA) is 66.9 Å². The highest BCUT2D eigenvalue weighted by Gasteiger charge is 2.29. The monoisotopic (exact) mass is 368 g/mol. The van der Waals surface area contributed by atoms with E-state index in [0.717, 1.165) is 5.56 Å². The van der Waals surface area contributed by atoms with E-state index < -0.39 is 10.0 Å². The van der Waals surface area contributed by atoms with Crippen LogP contribution < -0.4 is 4.74 Å². The number of hydrogen-bond acceptors (Lipinski definition) is 4. The zero-order valence-electron chi connectivity index (χ0n) is 15.5. The lowest BCUT2D eigenvalue weighted by molar-refractivity contribution is -0.134. The van der Waals surface area contributed by atoms with Crippen molar-refractivity contribution in [1.82, 2.24) is 9.21 Å². The Labute approximate surface area is 150 Å². The molecule has 1 saturated heterocycles. The van der Waals surface area contributed by atoms with Crippen LogP contribution in [0, 0.1) is 12.8 Å². The van der Waals surface area contributed by atoms with Gasteiger partial charge in [0.15, 0.2) is 0 Å². The van der Waals surface area contributed by atoms with E-state index in [2.05, 4.69) is 0 Å². The average molecular weight is 368 g/mol. The first kappa shape index (κ1) is 19.7. The van der Waals surface area contributed by atoms with Gasteiger partial charge in [0, 0.05) is 32.1 Å². The summed E-state index contributed by atoms with van der Waals surface area (Å²) in [5.41, 5.74) is 0.800. The second kappa shape index (κ2) is 8.19. The smallest absolute Gasteiger partial charge is 0.243 e. The maximum absolute atomic E-state index is 13.0. The minimum absolute atomic E-state index is 0.0723. The highest BCUT2D eigenvalue weighted by molar-refractivity contribution is 7.89. The van der Waals surface area contributed by atoms with Crippen molar-refractivity contribution in [3.8, 4) is 5.75 Å². The fourth-order valence-corrected chi connectivity index (χ4v) is 4.52. The molecule has 1 aromatic rings. The van der Waals surface area contributed by atoms with Crippen molar-refractivity contribution in [2.45, 2.75) is 39.0 Å². The molecule has 0 radical (unpaired) electrons. The molecule has 1 amide bonds. The molecule has 1 heterocycles. The Morgan fingerprint density at radius 3 is 2.52 bits per heavy atom. The van der Waals surface area contributed by atoms with Crippen LogP contribution in [0.4, 0.5) is 0 Å². The third kappa shape index (κ3) is 4.52. The predicted octanol–water partition coefficient (Wildman–Crippen LogP) is 2.27. The summed E-state index contributed by atoms with van der Waals surface area (Å²) in [4.78, 5) is 14.2. The predicted molar refractivity (Wildman–Crippen MR) is 97.1 cm³/mol. The molecule has 0 aliphatic carbocycles. The van der Waals surface area contributed by atoms with Gasteiger partial charge in [-0.1, -0.05) is 13.8 Å². The number of benzene rings is 1. The van der Waals surface area contributed by atoms with E-state index in [1.54, 1.807) is 23.1 Å². The van der Waals surface area contributed by atoms with Crippen molar-refractivity contribution in [2.75, 3.05) is 32.8 Å². The first-order valence-corrected chi connectivity index (χ1v) is 10.2. The van der Waals surface area contributed by atoms with Crippen LogP contribution in [-0.4, -0.2) is 56.3 Å². The van der Waals surface area contributed by atoms with Gasteiger partial charge in [-0.05, 0) is 44.0 Å². The Morgan fingerprint density at radius 2 is 1.92 bits per heavy atom. The molecule has 25 heavy (non-hydrogen) atoms. The molecule has 0 aromatic heterocycles. The molecule has 1 aromatic carbocycles. The number of ether oxygens (including phenoxy) is 1. The number of amides is 1. The SMILES string of the molecule is CCOc1ccc(S(=O)(=O)N2CCCN(C(=O)C(C)C)CC2)cc1C. The van der Waals surface area contributed by atoms with E-state index in [0.29, 0.717) is 45.0 Å². The van der Waals surface area contributed by atoms with E-state index in [-0.39, 0.29) is 16.7 Å². The van der Waals surface area contributed by atoms with Gasteiger partial charge in [0.1, 0.15) is 5.75 Å². The van der Waals surface area contributed by atoms with Crippen molar-refractivity contribution < 1.29 is 17.9 Å². The van der Waals surface area contributed by atoms with Crippen molar-refractivity contribution in [3.05, 3.63) is 23.8 Å². The van der Waals surface area contributed by atoms with Gasteiger partial charge in [0.2, 0.25) is 15.9 Å². The lowest BCUT2D eigenvalue weighted by Crippen LogP contribution is -2.38. The van der Waals surface area contributed by atoms with Crippen molar-refractivity contribution in [2.24, 2.45) is 5.92 Å². The van der Waals surface area contributed by atoms with Crippen molar-refractivity contribution >= 4 is 15.9 Å². The minimum atomic E-state index is -3.57. The molecular formula is C18H28N2O4S. The maximum atomic E-state index is 13.0. The molecule has 0 spiro atoms. The third-order valence-electron chi connectivity index (χ3n) is 4.34. The zero-order chi connectivity index (χ0) is 18.6. The number of nitrogens with zero attached hydrogens (tertiary/aromatic N) is 2. The summed E-state index contributed by atoms with van der Waals surface area (Å²) < 4.78 is 32.9. The van der Waals surface area contributed by atoms with Gasteiger partial charge in [-0.15, -0.1) is 0 Å². The Balaban J connectivity index is 2.17. The Hall–Kier alpha value is -1.60. The summed E-state index contributed by atoms with van der Waals surface area (Å²) in [6.07, 6.45) is 0.647.